The fraction of sp³-hybridized carbons (Fsp3) is 0.100. The van der Waals surface area contributed by atoms with Crippen LogP contribution >= 0.6 is 0 Å². The van der Waals surface area contributed by atoms with Crippen molar-refractivity contribution in [2.24, 2.45) is 0 Å². The summed E-state index contributed by atoms with van der Waals surface area (Å²) in [6.45, 7) is 8.54. The largest absolute Gasteiger partial charge is 0.307 e. The molecule has 8 rings (SSSR count). The van der Waals surface area contributed by atoms with E-state index in [1.54, 1.807) is 0 Å². The quantitative estimate of drug-likeness (QED) is 0.214. The fourth-order valence-corrected chi connectivity index (χ4v) is 6.71. The second-order valence-corrected chi connectivity index (χ2v) is 12.0. The Balaban J connectivity index is 1.50. The molecule has 0 saturated heterocycles. The number of benzene rings is 5. The number of rotatable bonds is 3. The van der Waals surface area contributed by atoms with Gasteiger partial charge in [-0.25, -0.2) is 4.98 Å². The molecule has 0 N–H and O–H groups in total. The highest BCUT2D eigenvalue weighted by Crippen LogP contribution is 2.39. The zero-order valence-corrected chi connectivity index (χ0v) is 25.2. The van der Waals surface area contributed by atoms with Gasteiger partial charge in [0.15, 0.2) is 0 Å². The topological polar surface area (TPSA) is 46.5 Å². The molecule has 3 heterocycles. The average molecular weight is 567 g/mol. The normalized spacial score (nSPS) is 11.6. The maximum absolute atomic E-state index is 9.83. The van der Waals surface area contributed by atoms with E-state index in [-0.39, 0.29) is 0 Å². The molecule has 4 heteroatoms. The number of hydrogen-bond acceptors (Lipinski definition) is 2. The molecule has 210 valence electrons. The minimum absolute atomic E-state index is 0.629. The number of aromatic nitrogens is 3. The molecule has 44 heavy (non-hydrogen) atoms. The second-order valence-electron chi connectivity index (χ2n) is 12.0. The van der Waals surface area contributed by atoms with Crippen molar-refractivity contribution in [3.63, 3.8) is 0 Å². The third-order valence-electron chi connectivity index (χ3n) is 8.80. The summed E-state index contributed by atoms with van der Waals surface area (Å²) < 4.78 is 4.63. The van der Waals surface area contributed by atoms with Gasteiger partial charge in [0.2, 0.25) is 0 Å². The van der Waals surface area contributed by atoms with Crippen LogP contribution in [0.2, 0.25) is 0 Å². The average Bonchev–Trinajstić information content (AvgIpc) is 3.51. The Morgan fingerprint density at radius 3 is 1.50 bits per heavy atom. The number of nitriles is 1. The summed E-state index contributed by atoms with van der Waals surface area (Å²) in [5.41, 5.74) is 12.9. The Labute approximate surface area is 256 Å². The maximum atomic E-state index is 9.83. The van der Waals surface area contributed by atoms with Gasteiger partial charge in [-0.1, -0.05) is 60.7 Å². The zero-order valence-electron chi connectivity index (χ0n) is 25.2. The van der Waals surface area contributed by atoms with E-state index in [1.165, 1.54) is 43.8 Å². The first kappa shape index (κ1) is 26.0. The van der Waals surface area contributed by atoms with Gasteiger partial charge >= 0.3 is 0 Å². The van der Waals surface area contributed by atoms with Crippen molar-refractivity contribution in [3.05, 3.63) is 137 Å². The van der Waals surface area contributed by atoms with Crippen molar-refractivity contribution in [2.75, 3.05) is 0 Å². The van der Waals surface area contributed by atoms with Crippen molar-refractivity contribution in [1.82, 2.24) is 14.1 Å². The van der Waals surface area contributed by atoms with Crippen LogP contribution in [0.4, 0.5) is 0 Å². The molecule has 0 atom stereocenters. The predicted octanol–water partition coefficient (Wildman–Crippen LogP) is 10.0. The maximum Gasteiger partial charge on any atom is 0.138 e. The standard InChI is InChI=1S/C40H30N4/c1-24-8-12-30-31-13-9-25(2)17-36(31)43(35(30)16-24)39-23-42-40(21-34(39)29-7-5-6-28(20-29)22-41)44-37-18-26(3)10-14-32(37)33-15-11-27(4)19-38(33)44/h5-21,23H,1-4H3. The zero-order chi connectivity index (χ0) is 30.1. The first-order chi connectivity index (χ1) is 21.4. The van der Waals surface area contributed by atoms with E-state index in [9.17, 15) is 5.26 Å². The molecular formula is C40H30N4. The lowest BCUT2D eigenvalue weighted by atomic mass is 10.0. The first-order valence-electron chi connectivity index (χ1n) is 14.9. The summed E-state index contributed by atoms with van der Waals surface area (Å²) in [6, 6.07) is 39.0. The van der Waals surface area contributed by atoms with Crippen LogP contribution in [-0.2, 0) is 0 Å². The highest BCUT2D eigenvalue weighted by molar-refractivity contribution is 6.11. The van der Waals surface area contributed by atoms with Crippen molar-refractivity contribution in [1.29, 1.82) is 5.26 Å². The monoisotopic (exact) mass is 566 g/mol. The Hall–Kier alpha value is -5.66. The van der Waals surface area contributed by atoms with Gasteiger partial charge in [0.05, 0.1) is 45.6 Å². The highest BCUT2D eigenvalue weighted by atomic mass is 15.1. The summed E-state index contributed by atoms with van der Waals surface area (Å²) in [5, 5.41) is 14.7. The molecule has 0 unspecified atom stereocenters. The van der Waals surface area contributed by atoms with Crippen LogP contribution in [0.25, 0.3) is 66.2 Å². The van der Waals surface area contributed by atoms with Crippen LogP contribution in [0.3, 0.4) is 0 Å². The smallest absolute Gasteiger partial charge is 0.138 e. The molecule has 0 aliphatic heterocycles. The lowest BCUT2D eigenvalue weighted by molar-refractivity contribution is 1.05. The Kier molecular flexibility index (Phi) is 5.73. The van der Waals surface area contributed by atoms with Gasteiger partial charge in [-0.3, -0.25) is 4.57 Å². The van der Waals surface area contributed by atoms with E-state index in [1.807, 2.05) is 24.4 Å². The van der Waals surface area contributed by atoms with Gasteiger partial charge in [-0.2, -0.15) is 5.26 Å². The summed E-state index contributed by atoms with van der Waals surface area (Å²) in [5.74, 6) is 0.843. The molecule has 0 fully saturated rings. The van der Waals surface area contributed by atoms with E-state index in [0.29, 0.717) is 5.56 Å². The Morgan fingerprint density at radius 1 is 0.545 bits per heavy atom. The molecule has 8 aromatic rings. The Bertz CT molecular complexity index is 2380. The predicted molar refractivity (Wildman–Crippen MR) is 182 cm³/mol. The van der Waals surface area contributed by atoms with Gasteiger partial charge in [-0.15, -0.1) is 0 Å². The SMILES string of the molecule is Cc1ccc2c3ccc(C)cc3n(-c3cc(-c4cccc(C#N)c4)c(-n4c5cc(C)ccc5c5ccc(C)cc54)cn3)c2c1. The number of pyridine rings is 1. The number of fused-ring (bicyclic) bond motifs is 6. The van der Waals surface area contributed by atoms with Crippen LogP contribution in [0.15, 0.2) is 109 Å². The molecule has 0 bridgehead atoms. The summed E-state index contributed by atoms with van der Waals surface area (Å²) in [4.78, 5) is 5.20. The number of nitrogens with zero attached hydrogens (tertiary/aromatic N) is 4. The lowest BCUT2D eigenvalue weighted by Crippen LogP contribution is -2.03. The van der Waals surface area contributed by atoms with Crippen LogP contribution in [0.1, 0.15) is 27.8 Å². The second kappa shape index (κ2) is 9.69. The molecule has 5 aromatic carbocycles. The third-order valence-corrected chi connectivity index (χ3v) is 8.80. The summed E-state index contributed by atoms with van der Waals surface area (Å²) in [6.07, 6.45) is 2.01. The van der Waals surface area contributed by atoms with E-state index in [2.05, 4.69) is 128 Å². The van der Waals surface area contributed by atoms with Gasteiger partial charge in [0, 0.05) is 27.1 Å². The molecule has 0 aliphatic carbocycles. The lowest BCUT2D eigenvalue weighted by Gasteiger charge is -2.17. The third kappa shape index (κ3) is 3.94. The van der Waals surface area contributed by atoms with Crippen molar-refractivity contribution < 1.29 is 0 Å². The van der Waals surface area contributed by atoms with E-state index in [0.717, 1.165) is 44.7 Å². The first-order valence-corrected chi connectivity index (χ1v) is 14.9. The number of aryl methyl sites for hydroxylation is 4. The van der Waals surface area contributed by atoms with E-state index < -0.39 is 0 Å². The highest BCUT2D eigenvalue weighted by Gasteiger charge is 2.20. The van der Waals surface area contributed by atoms with Crippen LogP contribution < -0.4 is 0 Å². The molecule has 0 amide bonds. The van der Waals surface area contributed by atoms with Gasteiger partial charge in [0.1, 0.15) is 5.82 Å². The molecule has 0 saturated carbocycles. The fourth-order valence-electron chi connectivity index (χ4n) is 6.71. The van der Waals surface area contributed by atoms with Gasteiger partial charge < -0.3 is 4.57 Å². The van der Waals surface area contributed by atoms with Crippen molar-refractivity contribution in [3.8, 4) is 28.7 Å². The molecular weight excluding hydrogens is 536 g/mol. The molecule has 0 radical (unpaired) electrons. The minimum atomic E-state index is 0.629. The molecule has 4 nitrogen and oxygen atoms in total. The van der Waals surface area contributed by atoms with Crippen molar-refractivity contribution in [2.45, 2.75) is 27.7 Å². The van der Waals surface area contributed by atoms with E-state index in [4.69, 9.17) is 4.98 Å². The Morgan fingerprint density at radius 2 is 1.02 bits per heavy atom. The number of hydrogen-bond donors (Lipinski definition) is 0. The van der Waals surface area contributed by atoms with Crippen molar-refractivity contribution >= 4 is 43.6 Å². The minimum Gasteiger partial charge on any atom is -0.307 e. The summed E-state index contributed by atoms with van der Waals surface area (Å²) >= 11 is 0. The molecule has 3 aromatic heterocycles. The van der Waals surface area contributed by atoms with Gasteiger partial charge in [0.25, 0.3) is 0 Å². The molecule has 0 aliphatic rings. The van der Waals surface area contributed by atoms with Crippen LogP contribution in [0, 0.1) is 39.0 Å². The van der Waals surface area contributed by atoms with Gasteiger partial charge in [-0.05, 0) is 98.0 Å². The van der Waals surface area contributed by atoms with Crippen LogP contribution in [-0.4, -0.2) is 14.1 Å². The molecule has 0 spiro atoms. The van der Waals surface area contributed by atoms with E-state index >= 15 is 0 Å². The summed E-state index contributed by atoms with van der Waals surface area (Å²) in [7, 11) is 0. The van der Waals surface area contributed by atoms with Crippen LogP contribution in [0.5, 0.6) is 0 Å².